The second kappa shape index (κ2) is 6.54. The highest BCUT2D eigenvalue weighted by Crippen LogP contribution is 2.68. The Balaban J connectivity index is 2.32. The van der Waals surface area contributed by atoms with Crippen molar-refractivity contribution in [1.29, 1.82) is 0 Å². The maximum Gasteiger partial charge on any atom is 0.305 e. The third-order valence-corrected chi connectivity index (χ3v) is 6.55. The Bertz CT molecular complexity index is 682. The summed E-state index contributed by atoms with van der Waals surface area (Å²) >= 11 is 0. The summed E-state index contributed by atoms with van der Waals surface area (Å²) in [6, 6.07) is 28.1. The molecule has 4 nitrogen and oxygen atoms in total. The van der Waals surface area contributed by atoms with Crippen molar-refractivity contribution < 1.29 is 9.37 Å². The monoisotopic (exact) mass is 325 g/mol. The van der Waals surface area contributed by atoms with Crippen molar-refractivity contribution in [3.05, 3.63) is 101 Å². The molecule has 3 rings (SSSR count). The van der Waals surface area contributed by atoms with Crippen molar-refractivity contribution in [2.45, 2.75) is 14.7 Å². The summed E-state index contributed by atoms with van der Waals surface area (Å²) < 4.78 is 5.40. The van der Waals surface area contributed by atoms with Crippen LogP contribution in [0.5, 0.6) is 0 Å². The molecule has 116 valence electrons. The van der Waals surface area contributed by atoms with Crippen molar-refractivity contribution in [2.75, 3.05) is 0 Å². The average Bonchev–Trinajstić information content (AvgIpc) is 2.62. The van der Waals surface area contributed by atoms with Crippen LogP contribution in [0.4, 0.5) is 0 Å². The second-order valence-corrected chi connectivity index (χ2v) is 7.47. The second-order valence-electron chi connectivity index (χ2n) is 4.79. The molecular weight excluding hydrogens is 310 g/mol. The molecule has 3 aromatic carbocycles. The van der Waals surface area contributed by atoms with E-state index < -0.39 is 15.4 Å². The molecule has 0 heterocycles. The van der Waals surface area contributed by atoms with E-state index in [9.17, 15) is 10.1 Å². The number of benzene rings is 3. The predicted octanol–water partition coefficient (Wildman–Crippen LogP) is 5.09. The molecule has 5 heteroatoms. The van der Waals surface area contributed by atoms with Crippen LogP contribution < -0.4 is 0 Å². The lowest BCUT2D eigenvalue weighted by molar-refractivity contribution is -0.710. The lowest BCUT2D eigenvalue weighted by Crippen LogP contribution is -2.12. The van der Waals surface area contributed by atoms with Crippen LogP contribution in [0.1, 0.15) is 0 Å². The van der Waals surface area contributed by atoms with E-state index in [1.54, 1.807) is 0 Å². The Morgan fingerprint density at radius 2 is 0.957 bits per heavy atom. The Labute approximate surface area is 136 Å². The number of hydrogen-bond acceptors (Lipinski definition) is 3. The summed E-state index contributed by atoms with van der Waals surface area (Å²) in [6.45, 7) is 0. The van der Waals surface area contributed by atoms with Gasteiger partial charge in [-0.1, -0.05) is 54.6 Å². The van der Waals surface area contributed by atoms with Crippen LogP contribution in [-0.2, 0) is 4.28 Å². The Kier molecular flexibility index (Phi) is 4.30. The zero-order valence-electron chi connectivity index (χ0n) is 12.2. The Morgan fingerprint density at radius 3 is 1.22 bits per heavy atom. The smallest absolute Gasteiger partial charge is 0.250 e. The van der Waals surface area contributed by atoms with Crippen LogP contribution in [0.3, 0.4) is 0 Å². The molecule has 0 fully saturated rings. The van der Waals surface area contributed by atoms with E-state index in [1.165, 1.54) is 0 Å². The maximum atomic E-state index is 11.3. The standard InChI is InChI=1S/C18H15NO3S/c20-19(21)22-23(16-10-4-1-5-11-16,17-12-6-2-7-13-17)18-14-8-3-9-15-18/h1-15H. The van der Waals surface area contributed by atoms with Crippen molar-refractivity contribution in [2.24, 2.45) is 0 Å². The van der Waals surface area contributed by atoms with Crippen molar-refractivity contribution in [3.8, 4) is 0 Å². The minimum absolute atomic E-state index is 0.692. The summed E-state index contributed by atoms with van der Waals surface area (Å²) in [5, 5.41) is 10.6. The molecule has 0 spiro atoms. The number of rotatable bonds is 5. The normalized spacial score (nSPS) is 11.7. The SMILES string of the molecule is O=[N+]([O-])OS(c1ccccc1)(c1ccccc1)c1ccccc1. The fraction of sp³-hybridized carbons (Fsp3) is 0. The minimum atomic E-state index is -2.43. The van der Waals surface area contributed by atoms with Crippen LogP contribution in [-0.4, -0.2) is 5.09 Å². The first-order valence-corrected chi connectivity index (χ1v) is 8.62. The van der Waals surface area contributed by atoms with Gasteiger partial charge in [0.1, 0.15) is 0 Å². The molecule has 23 heavy (non-hydrogen) atoms. The van der Waals surface area contributed by atoms with Gasteiger partial charge in [-0.05, 0) is 46.7 Å². The lowest BCUT2D eigenvalue weighted by Gasteiger charge is -2.37. The van der Waals surface area contributed by atoms with Crippen LogP contribution in [0.25, 0.3) is 0 Å². The number of nitrogens with zero attached hydrogens (tertiary/aromatic N) is 1. The molecule has 0 amide bonds. The molecule has 3 aromatic rings. The molecule has 0 aliphatic rings. The molecule has 0 N–H and O–H groups in total. The molecule has 0 radical (unpaired) electrons. The fourth-order valence-corrected chi connectivity index (χ4v) is 5.34. The highest BCUT2D eigenvalue weighted by Gasteiger charge is 2.35. The van der Waals surface area contributed by atoms with Gasteiger partial charge in [-0.3, -0.25) is 0 Å². The highest BCUT2D eigenvalue weighted by atomic mass is 32.3. The van der Waals surface area contributed by atoms with E-state index >= 15 is 0 Å². The molecule has 0 aliphatic carbocycles. The molecule has 0 aliphatic heterocycles. The first kappa shape index (κ1) is 15.1. The third kappa shape index (κ3) is 2.91. The fourth-order valence-electron chi connectivity index (χ4n) is 2.47. The van der Waals surface area contributed by atoms with Crippen molar-refractivity contribution in [1.82, 2.24) is 0 Å². The summed E-state index contributed by atoms with van der Waals surface area (Å²) in [5.41, 5.74) is 0. The third-order valence-electron chi connectivity index (χ3n) is 3.40. The van der Waals surface area contributed by atoms with E-state index in [4.69, 9.17) is 4.28 Å². The molecule has 0 aromatic heterocycles. The Morgan fingerprint density at radius 1 is 0.652 bits per heavy atom. The van der Waals surface area contributed by atoms with E-state index in [0.717, 1.165) is 14.7 Å². The highest BCUT2D eigenvalue weighted by molar-refractivity contribution is 8.29. The molecule has 0 bridgehead atoms. The zero-order chi connectivity index (χ0) is 16.1. The van der Waals surface area contributed by atoms with Crippen molar-refractivity contribution >= 4 is 10.3 Å². The molecule has 0 saturated carbocycles. The maximum absolute atomic E-state index is 11.3. The van der Waals surface area contributed by atoms with Gasteiger partial charge in [-0.15, -0.1) is 10.1 Å². The largest absolute Gasteiger partial charge is 0.305 e. The van der Waals surface area contributed by atoms with Crippen LogP contribution in [0.15, 0.2) is 106 Å². The van der Waals surface area contributed by atoms with E-state index in [0.29, 0.717) is 0 Å². The van der Waals surface area contributed by atoms with Gasteiger partial charge in [0.2, 0.25) is 0 Å². The van der Waals surface area contributed by atoms with Gasteiger partial charge in [-0.25, -0.2) is 4.28 Å². The van der Waals surface area contributed by atoms with Gasteiger partial charge in [0, 0.05) is 14.7 Å². The number of hydrogen-bond donors (Lipinski definition) is 0. The van der Waals surface area contributed by atoms with Crippen LogP contribution in [0, 0.1) is 10.1 Å². The van der Waals surface area contributed by atoms with Crippen LogP contribution in [0.2, 0.25) is 0 Å². The summed E-state index contributed by atoms with van der Waals surface area (Å²) in [4.78, 5) is 13.7. The topological polar surface area (TPSA) is 52.4 Å². The van der Waals surface area contributed by atoms with E-state index in [-0.39, 0.29) is 0 Å². The van der Waals surface area contributed by atoms with Crippen LogP contribution >= 0.6 is 10.3 Å². The summed E-state index contributed by atoms with van der Waals surface area (Å²) in [7, 11) is -2.43. The van der Waals surface area contributed by atoms with Gasteiger partial charge in [0.25, 0.3) is 0 Å². The molecule has 0 atom stereocenters. The molecule has 0 saturated heterocycles. The van der Waals surface area contributed by atoms with Crippen molar-refractivity contribution in [3.63, 3.8) is 0 Å². The van der Waals surface area contributed by atoms with Gasteiger partial charge in [0.05, 0.1) is 0 Å². The summed E-state index contributed by atoms with van der Waals surface area (Å²) in [5.74, 6) is 0. The van der Waals surface area contributed by atoms with E-state index in [1.807, 2.05) is 91.0 Å². The molecular formula is C18H15NO3S. The van der Waals surface area contributed by atoms with Gasteiger partial charge in [-0.2, -0.15) is 0 Å². The Hall–Kier alpha value is -2.79. The van der Waals surface area contributed by atoms with Gasteiger partial charge < -0.3 is 0 Å². The van der Waals surface area contributed by atoms with Gasteiger partial charge >= 0.3 is 5.09 Å². The van der Waals surface area contributed by atoms with E-state index in [2.05, 4.69) is 0 Å². The quantitative estimate of drug-likeness (QED) is 0.485. The zero-order valence-corrected chi connectivity index (χ0v) is 13.1. The predicted molar refractivity (Wildman–Crippen MR) is 89.8 cm³/mol. The minimum Gasteiger partial charge on any atom is -0.250 e. The first-order valence-electron chi connectivity index (χ1n) is 7.06. The summed E-state index contributed by atoms with van der Waals surface area (Å²) in [6.07, 6.45) is 0. The first-order chi connectivity index (χ1) is 11.2. The lowest BCUT2D eigenvalue weighted by atomic mass is 10.4. The average molecular weight is 325 g/mol. The molecule has 0 unspecified atom stereocenters. The van der Waals surface area contributed by atoms with Gasteiger partial charge in [0.15, 0.2) is 0 Å².